The van der Waals surface area contributed by atoms with Crippen LogP contribution in [0.25, 0.3) is 0 Å². The van der Waals surface area contributed by atoms with Crippen molar-refractivity contribution in [2.75, 3.05) is 26.4 Å². The fourth-order valence-electron chi connectivity index (χ4n) is 15.0. The molecule has 3 heterocycles. The molecule has 0 radical (unpaired) electrons. The third-order valence-corrected chi connectivity index (χ3v) is 19.3. The summed E-state index contributed by atoms with van der Waals surface area (Å²) in [6.45, 7) is 13.3. The molecular formula is C49H78O19. The molecule has 0 aromatic rings. The number of ether oxygens (including phenoxy) is 7. The van der Waals surface area contributed by atoms with Crippen LogP contribution >= 0.6 is 0 Å². The van der Waals surface area contributed by atoms with E-state index in [1.807, 2.05) is 6.92 Å². The summed E-state index contributed by atoms with van der Waals surface area (Å²) in [5.41, 5.74) is -1.35. The Morgan fingerprint density at radius 3 is 1.99 bits per heavy atom. The average molecular weight is 971 g/mol. The summed E-state index contributed by atoms with van der Waals surface area (Å²) in [4.78, 5) is 26.6. The van der Waals surface area contributed by atoms with Crippen LogP contribution in [0.3, 0.4) is 0 Å². The highest BCUT2D eigenvalue weighted by Crippen LogP contribution is 2.76. The van der Waals surface area contributed by atoms with E-state index in [4.69, 9.17) is 33.2 Å². The molecule has 0 bridgehead atoms. The van der Waals surface area contributed by atoms with Crippen LogP contribution in [0, 0.1) is 50.2 Å². The van der Waals surface area contributed by atoms with Crippen LogP contribution in [-0.4, -0.2) is 182 Å². The second-order valence-corrected chi connectivity index (χ2v) is 23.5. The number of aliphatic hydroxyl groups excluding tert-OH is 10. The van der Waals surface area contributed by atoms with E-state index in [-0.39, 0.29) is 52.6 Å². The first-order valence-corrected chi connectivity index (χ1v) is 24.8. The zero-order valence-electron chi connectivity index (χ0n) is 40.5. The lowest BCUT2D eigenvalue weighted by molar-refractivity contribution is -0.328. The monoisotopic (exact) mass is 971 g/mol. The van der Waals surface area contributed by atoms with Gasteiger partial charge in [0.05, 0.1) is 37.9 Å². The van der Waals surface area contributed by atoms with Gasteiger partial charge in [0.15, 0.2) is 18.7 Å². The largest absolute Gasteiger partial charge is 0.457 e. The van der Waals surface area contributed by atoms with Gasteiger partial charge in [0.1, 0.15) is 61.0 Å². The van der Waals surface area contributed by atoms with E-state index < -0.39 is 128 Å². The molecule has 0 aromatic carbocycles. The minimum atomic E-state index is -1.82. The molecule has 19 heteroatoms. The van der Waals surface area contributed by atoms with Crippen molar-refractivity contribution in [1.82, 2.24) is 0 Å². The quantitative estimate of drug-likeness (QED) is 0.0801. The highest BCUT2D eigenvalue weighted by atomic mass is 16.7. The molecule has 0 aromatic heterocycles. The Kier molecular flexibility index (Phi) is 14.5. The van der Waals surface area contributed by atoms with Crippen molar-refractivity contribution in [3.05, 3.63) is 11.6 Å². The maximum Gasteiger partial charge on any atom is 0.315 e. The van der Waals surface area contributed by atoms with Crippen LogP contribution in [0.1, 0.15) is 113 Å². The highest BCUT2D eigenvalue weighted by molar-refractivity contribution is 5.79. The fraction of sp³-hybridized carbons (Fsp3) is 0.918. The first-order chi connectivity index (χ1) is 31.8. The van der Waals surface area contributed by atoms with Gasteiger partial charge in [-0.15, -0.1) is 0 Å². The number of allylic oxidation sites excluding steroid dienone is 2. The van der Waals surface area contributed by atoms with Gasteiger partial charge in [-0.1, -0.05) is 53.2 Å². The zero-order chi connectivity index (χ0) is 49.7. The molecule has 8 rings (SSSR count). The fourth-order valence-corrected chi connectivity index (χ4v) is 15.0. The summed E-state index contributed by atoms with van der Waals surface area (Å²) >= 11 is 0. The van der Waals surface area contributed by atoms with Crippen LogP contribution in [0.2, 0.25) is 0 Å². The Balaban J connectivity index is 1.01. The lowest BCUT2D eigenvalue weighted by Crippen LogP contribution is -2.67. The van der Waals surface area contributed by atoms with Gasteiger partial charge >= 0.3 is 11.9 Å². The Labute approximate surface area is 398 Å². The molecule has 388 valence electrons. The number of esters is 2. The number of fused-ring (bicyclic) bond motifs is 7. The van der Waals surface area contributed by atoms with E-state index in [9.17, 15) is 60.7 Å². The van der Waals surface area contributed by atoms with E-state index in [2.05, 4.69) is 40.7 Å². The number of carbonyl (C=O) groups is 2. The Morgan fingerprint density at radius 1 is 0.691 bits per heavy atom. The van der Waals surface area contributed by atoms with Crippen molar-refractivity contribution in [1.29, 1.82) is 0 Å². The zero-order valence-corrected chi connectivity index (χ0v) is 40.5. The molecule has 10 N–H and O–H groups in total. The van der Waals surface area contributed by atoms with Gasteiger partial charge in [-0.2, -0.15) is 0 Å². The number of hydrogen-bond donors (Lipinski definition) is 10. The number of rotatable bonds is 10. The van der Waals surface area contributed by atoms with Gasteiger partial charge in [-0.3, -0.25) is 9.59 Å². The van der Waals surface area contributed by atoms with Crippen LogP contribution in [0.15, 0.2) is 11.6 Å². The van der Waals surface area contributed by atoms with Gasteiger partial charge in [0.2, 0.25) is 6.29 Å². The first kappa shape index (κ1) is 52.4. The van der Waals surface area contributed by atoms with E-state index in [0.717, 1.165) is 32.1 Å². The van der Waals surface area contributed by atoms with Gasteiger partial charge in [-0.25, -0.2) is 0 Å². The molecule has 0 amide bonds. The smallest absolute Gasteiger partial charge is 0.315 e. The standard InChI is InChI=1S/C49H78O19/c1-23(52)64-27-20-63-41(37(58)34(27)55)67-31-11-12-45(4)29(46(31,5)22-51)10-13-48(7)30(45)9-8-24-25-18-44(2,3)14-16-49(25,17-15-47(24,48)6)43(61)68-42-39(60)36(57)33(54)28(66-42)21-62-40-38(59)35(56)32(53)26(19-50)65-40/h8,25-42,50-51,53-60H,9-22H2,1-7H3/t25-,26+,27-,28+,29+,30+,31-,32+,33+,34-,35-,36-,37+,38+,39+,40+,41-,42-,45-,46-,47+,48+,49-/m0/s1. The van der Waals surface area contributed by atoms with E-state index >= 15 is 0 Å². The molecule has 3 aliphatic heterocycles. The molecule has 23 atom stereocenters. The van der Waals surface area contributed by atoms with E-state index in [1.165, 1.54) is 12.5 Å². The molecule has 4 saturated carbocycles. The summed E-state index contributed by atoms with van der Waals surface area (Å²) < 4.78 is 40.6. The lowest BCUT2D eigenvalue weighted by atomic mass is 9.33. The summed E-state index contributed by atoms with van der Waals surface area (Å²) in [6, 6.07) is 0. The second kappa shape index (κ2) is 18.8. The second-order valence-electron chi connectivity index (χ2n) is 23.5. The van der Waals surface area contributed by atoms with Gasteiger partial charge in [0.25, 0.3) is 0 Å². The summed E-state index contributed by atoms with van der Waals surface area (Å²) in [6.07, 6.45) is -12.6. The molecule has 3 saturated heterocycles. The minimum absolute atomic E-state index is 0.0309. The Bertz CT molecular complexity index is 1880. The van der Waals surface area contributed by atoms with E-state index in [0.29, 0.717) is 32.1 Å². The van der Waals surface area contributed by atoms with Gasteiger partial charge in [0, 0.05) is 12.3 Å². The maximum absolute atomic E-state index is 15.0. The third-order valence-electron chi connectivity index (χ3n) is 19.3. The predicted molar refractivity (Wildman–Crippen MR) is 235 cm³/mol. The predicted octanol–water partition coefficient (Wildman–Crippen LogP) is 0.323. The maximum atomic E-state index is 15.0. The van der Waals surface area contributed by atoms with Crippen molar-refractivity contribution in [3.63, 3.8) is 0 Å². The van der Waals surface area contributed by atoms with Crippen LogP contribution < -0.4 is 0 Å². The van der Waals surface area contributed by atoms with Crippen molar-refractivity contribution in [3.8, 4) is 0 Å². The highest BCUT2D eigenvalue weighted by Gasteiger charge is 2.70. The normalized spacial score (nSPS) is 52.3. The SMILES string of the molecule is CC(=O)O[C@H]1CO[C@@H](O[C@H]2CC[C@@]3(C)[C@@H](CC[C@]4(C)[C@@H]3CC=C3[C@@H]5CC(C)(C)CC[C@]5(C(=O)O[C@@H]5O[C@H](CO[C@@H]6O[C@H](CO)[C@@H](O)[C@H](O)[C@H]6O)[C@@H](O)[C@H](O)[C@H]5O)CC[C@]34C)[C@]2(C)CO)[C@H](O)[C@H]1O. The Hall–Kier alpha value is -1.92. The summed E-state index contributed by atoms with van der Waals surface area (Å²) in [5.74, 6) is -1.15. The minimum Gasteiger partial charge on any atom is -0.457 e. The van der Waals surface area contributed by atoms with Gasteiger partial charge in [-0.05, 0) is 104 Å². The molecule has 0 unspecified atom stereocenters. The van der Waals surface area contributed by atoms with E-state index in [1.54, 1.807) is 0 Å². The molecule has 8 aliphatic rings. The average Bonchev–Trinajstić information content (AvgIpc) is 3.29. The molecule has 19 nitrogen and oxygen atoms in total. The van der Waals surface area contributed by atoms with Crippen molar-refractivity contribution in [2.24, 2.45) is 50.2 Å². The van der Waals surface area contributed by atoms with Crippen LogP contribution in [0.5, 0.6) is 0 Å². The van der Waals surface area contributed by atoms with Crippen LogP contribution in [-0.2, 0) is 42.7 Å². The first-order valence-electron chi connectivity index (χ1n) is 24.8. The van der Waals surface area contributed by atoms with Crippen LogP contribution in [0.4, 0.5) is 0 Å². The topological polar surface area (TPSA) is 301 Å². The lowest BCUT2D eigenvalue weighted by Gasteiger charge is -2.71. The third kappa shape index (κ3) is 8.41. The van der Waals surface area contributed by atoms with Gasteiger partial charge < -0.3 is 84.2 Å². The summed E-state index contributed by atoms with van der Waals surface area (Å²) in [7, 11) is 0. The number of aliphatic hydroxyl groups is 10. The van der Waals surface area contributed by atoms with Crippen molar-refractivity contribution in [2.45, 2.75) is 205 Å². The number of hydrogen-bond acceptors (Lipinski definition) is 19. The molecule has 7 fully saturated rings. The molecular weight excluding hydrogens is 893 g/mol. The molecule has 68 heavy (non-hydrogen) atoms. The Morgan fingerprint density at radius 2 is 1.32 bits per heavy atom. The number of carbonyl (C=O) groups excluding carboxylic acids is 2. The molecule has 5 aliphatic carbocycles. The van der Waals surface area contributed by atoms with Crippen molar-refractivity contribution >= 4 is 11.9 Å². The molecule has 0 spiro atoms. The summed E-state index contributed by atoms with van der Waals surface area (Å²) in [5, 5.41) is 107. The van der Waals surface area contributed by atoms with Crippen molar-refractivity contribution < 1.29 is 93.8 Å².